The van der Waals surface area contributed by atoms with Crippen LogP contribution in [0.2, 0.25) is 0 Å². The number of hydrogen-bond acceptors (Lipinski definition) is 3. The summed E-state index contributed by atoms with van der Waals surface area (Å²) in [4.78, 5) is 0.606. The Hall–Kier alpha value is -0.900. The van der Waals surface area contributed by atoms with Crippen LogP contribution in [0.3, 0.4) is 0 Å². The lowest BCUT2D eigenvalue weighted by Gasteiger charge is -1.74. The molecule has 0 radical (unpaired) electrons. The highest BCUT2D eigenvalue weighted by Gasteiger charge is 1.93. The van der Waals surface area contributed by atoms with Gasteiger partial charge >= 0.3 is 0 Å². The third kappa shape index (κ3) is 1.50. The summed E-state index contributed by atoms with van der Waals surface area (Å²) in [6.45, 7) is 0. The maximum atomic E-state index is 12.1. The van der Waals surface area contributed by atoms with Crippen LogP contribution in [0, 0.1) is 5.13 Å². The van der Waals surface area contributed by atoms with Crippen LogP contribution in [0.15, 0.2) is 17.3 Å². The van der Waals surface area contributed by atoms with Gasteiger partial charge in [-0.3, -0.25) is 0 Å². The lowest BCUT2D eigenvalue weighted by atomic mass is 10.5. The standard InChI is InChI=1S/C5H4FNOS/c6-5-2-1-4(9-5)3-7-8/h1-3,8H/b7-3-. The third-order valence-electron chi connectivity index (χ3n) is 0.779. The third-order valence-corrected chi connectivity index (χ3v) is 1.59. The summed E-state index contributed by atoms with van der Waals surface area (Å²) in [7, 11) is 0. The summed E-state index contributed by atoms with van der Waals surface area (Å²) < 4.78 is 12.1. The zero-order valence-corrected chi connectivity index (χ0v) is 5.23. The van der Waals surface area contributed by atoms with Crippen LogP contribution in [0.5, 0.6) is 0 Å². The van der Waals surface area contributed by atoms with Crippen LogP contribution in [0.4, 0.5) is 4.39 Å². The highest BCUT2D eigenvalue weighted by Crippen LogP contribution is 2.11. The highest BCUT2D eigenvalue weighted by molar-refractivity contribution is 7.12. The van der Waals surface area contributed by atoms with Crippen molar-refractivity contribution in [3.05, 3.63) is 22.1 Å². The van der Waals surface area contributed by atoms with E-state index in [4.69, 9.17) is 5.21 Å². The van der Waals surface area contributed by atoms with Gasteiger partial charge in [0.25, 0.3) is 0 Å². The molecule has 2 nitrogen and oxygen atoms in total. The number of rotatable bonds is 1. The summed E-state index contributed by atoms with van der Waals surface area (Å²) in [5, 5.41) is 10.4. The Kier molecular flexibility index (Phi) is 1.79. The second-order valence-corrected chi connectivity index (χ2v) is 2.45. The van der Waals surface area contributed by atoms with Crippen molar-refractivity contribution in [1.29, 1.82) is 0 Å². The minimum absolute atomic E-state index is 0.273. The van der Waals surface area contributed by atoms with Crippen molar-refractivity contribution in [3.63, 3.8) is 0 Å². The van der Waals surface area contributed by atoms with Crippen LogP contribution in [0.1, 0.15) is 4.88 Å². The molecule has 1 heterocycles. The minimum atomic E-state index is -0.273. The molecule has 0 unspecified atom stereocenters. The first kappa shape index (κ1) is 6.22. The molecule has 0 bridgehead atoms. The van der Waals surface area contributed by atoms with E-state index in [-0.39, 0.29) is 5.13 Å². The molecule has 0 saturated carbocycles. The van der Waals surface area contributed by atoms with Crippen molar-refractivity contribution in [2.24, 2.45) is 5.16 Å². The number of halogens is 1. The lowest BCUT2D eigenvalue weighted by Crippen LogP contribution is -1.67. The molecule has 0 aliphatic rings. The smallest absolute Gasteiger partial charge is 0.177 e. The van der Waals surface area contributed by atoms with E-state index in [2.05, 4.69) is 5.16 Å². The fourth-order valence-corrected chi connectivity index (χ4v) is 1.05. The molecule has 1 rings (SSSR count). The number of thiophene rings is 1. The fraction of sp³-hybridized carbons (Fsp3) is 0. The average molecular weight is 145 g/mol. The number of hydrogen-bond donors (Lipinski definition) is 1. The van der Waals surface area contributed by atoms with Crippen molar-refractivity contribution < 1.29 is 9.60 Å². The molecule has 9 heavy (non-hydrogen) atoms. The molecule has 48 valence electrons. The fourth-order valence-electron chi connectivity index (χ4n) is 0.455. The van der Waals surface area contributed by atoms with Crippen molar-refractivity contribution in [3.8, 4) is 0 Å². The van der Waals surface area contributed by atoms with E-state index in [1.807, 2.05) is 0 Å². The topological polar surface area (TPSA) is 32.6 Å². The SMILES string of the molecule is O/N=C\c1ccc(F)s1. The van der Waals surface area contributed by atoms with Gasteiger partial charge in [-0.05, 0) is 12.1 Å². The molecule has 0 aliphatic carbocycles. The van der Waals surface area contributed by atoms with Gasteiger partial charge < -0.3 is 5.21 Å². The van der Waals surface area contributed by atoms with E-state index < -0.39 is 0 Å². The summed E-state index contributed by atoms with van der Waals surface area (Å²) in [5.74, 6) is 0. The Morgan fingerprint density at radius 3 is 2.89 bits per heavy atom. The van der Waals surface area contributed by atoms with Crippen LogP contribution >= 0.6 is 11.3 Å². The van der Waals surface area contributed by atoms with Gasteiger partial charge in [-0.2, -0.15) is 4.39 Å². The van der Waals surface area contributed by atoms with E-state index in [0.29, 0.717) is 4.88 Å². The van der Waals surface area contributed by atoms with Crippen LogP contribution in [0.25, 0.3) is 0 Å². The maximum absolute atomic E-state index is 12.1. The van der Waals surface area contributed by atoms with Crippen molar-refractivity contribution >= 4 is 17.6 Å². The lowest BCUT2D eigenvalue weighted by molar-refractivity contribution is 0.322. The molecule has 1 aromatic rings. The van der Waals surface area contributed by atoms with E-state index in [1.165, 1.54) is 12.3 Å². The molecule has 4 heteroatoms. The van der Waals surface area contributed by atoms with Crippen LogP contribution < -0.4 is 0 Å². The zero-order chi connectivity index (χ0) is 6.69. The predicted octanol–water partition coefficient (Wildman–Crippen LogP) is 1.70. The van der Waals surface area contributed by atoms with Gasteiger partial charge in [0.15, 0.2) is 5.13 Å². The Labute approximate surface area is 55.2 Å². The molecule has 0 amide bonds. The van der Waals surface area contributed by atoms with E-state index in [1.54, 1.807) is 6.07 Å². The van der Waals surface area contributed by atoms with Crippen LogP contribution in [-0.2, 0) is 0 Å². The summed E-state index contributed by atoms with van der Waals surface area (Å²) in [6.07, 6.45) is 1.19. The summed E-state index contributed by atoms with van der Waals surface area (Å²) in [6, 6.07) is 2.86. The molecule has 0 aliphatic heterocycles. The van der Waals surface area contributed by atoms with Gasteiger partial charge in [-0.1, -0.05) is 5.16 Å². The monoisotopic (exact) mass is 145 g/mol. The first-order valence-electron chi connectivity index (χ1n) is 2.25. The molecule has 0 spiro atoms. The van der Waals surface area contributed by atoms with Gasteiger partial charge in [0.2, 0.25) is 0 Å². The zero-order valence-electron chi connectivity index (χ0n) is 4.41. The largest absolute Gasteiger partial charge is 0.411 e. The van der Waals surface area contributed by atoms with Gasteiger partial charge in [0.1, 0.15) is 0 Å². The normalized spacial score (nSPS) is 10.8. The maximum Gasteiger partial charge on any atom is 0.177 e. The Balaban J connectivity index is 2.85. The van der Waals surface area contributed by atoms with Crippen molar-refractivity contribution in [1.82, 2.24) is 0 Å². The van der Waals surface area contributed by atoms with Gasteiger partial charge in [0, 0.05) is 0 Å². The molecule has 0 aromatic carbocycles. The van der Waals surface area contributed by atoms with Gasteiger partial charge in [-0.15, -0.1) is 11.3 Å². The van der Waals surface area contributed by atoms with E-state index >= 15 is 0 Å². The minimum Gasteiger partial charge on any atom is -0.411 e. The highest BCUT2D eigenvalue weighted by atomic mass is 32.1. The quantitative estimate of drug-likeness (QED) is 0.364. The van der Waals surface area contributed by atoms with E-state index in [9.17, 15) is 4.39 Å². The van der Waals surface area contributed by atoms with Crippen molar-refractivity contribution in [2.75, 3.05) is 0 Å². The summed E-state index contributed by atoms with van der Waals surface area (Å²) >= 11 is 0.936. The second kappa shape index (κ2) is 2.59. The van der Waals surface area contributed by atoms with Crippen LogP contribution in [-0.4, -0.2) is 11.4 Å². The van der Waals surface area contributed by atoms with Gasteiger partial charge in [-0.25, -0.2) is 0 Å². The molecule has 1 N–H and O–H groups in total. The molecule has 0 atom stereocenters. The number of nitrogens with zero attached hydrogens (tertiary/aromatic N) is 1. The Morgan fingerprint density at radius 1 is 1.67 bits per heavy atom. The predicted molar refractivity (Wildman–Crippen MR) is 33.7 cm³/mol. The Morgan fingerprint density at radius 2 is 2.44 bits per heavy atom. The molecule has 0 fully saturated rings. The van der Waals surface area contributed by atoms with Gasteiger partial charge in [0.05, 0.1) is 11.1 Å². The molecular formula is C5H4FNOS. The molecule has 1 aromatic heterocycles. The first-order chi connectivity index (χ1) is 4.33. The summed E-state index contributed by atoms with van der Waals surface area (Å²) in [5.41, 5.74) is 0. The molecule has 0 saturated heterocycles. The van der Waals surface area contributed by atoms with Crippen molar-refractivity contribution in [2.45, 2.75) is 0 Å². The Bertz CT molecular complexity index is 220. The number of oxime groups is 1. The van der Waals surface area contributed by atoms with E-state index in [0.717, 1.165) is 11.3 Å². The average Bonchev–Trinajstić information content (AvgIpc) is 2.17. The first-order valence-corrected chi connectivity index (χ1v) is 3.07. The molecular weight excluding hydrogens is 141 g/mol. The second-order valence-electron chi connectivity index (χ2n) is 1.39.